The molecular formula is C13H21O. The Morgan fingerprint density at radius 1 is 1.29 bits per heavy atom. The van der Waals surface area contributed by atoms with E-state index in [4.69, 9.17) is 0 Å². The molecule has 14 heavy (non-hydrogen) atoms. The maximum atomic E-state index is 10.0. The number of carbonyl (C=O) groups excluding carboxylic acids is 1. The molecule has 0 aliphatic carbocycles. The molecule has 79 valence electrons. The van der Waals surface area contributed by atoms with E-state index in [2.05, 4.69) is 13.0 Å². The molecule has 0 spiro atoms. The Balaban J connectivity index is 3.43. The van der Waals surface area contributed by atoms with E-state index in [9.17, 15) is 4.79 Å². The number of rotatable bonds is 8. The van der Waals surface area contributed by atoms with Gasteiger partial charge in [-0.15, -0.1) is 0 Å². The molecule has 0 fully saturated rings. The molecule has 0 saturated carbocycles. The first-order valence-electron chi connectivity index (χ1n) is 5.48. The van der Waals surface area contributed by atoms with Crippen LogP contribution in [0.2, 0.25) is 0 Å². The molecule has 0 heterocycles. The lowest BCUT2D eigenvalue weighted by molar-refractivity contribution is 0.555. The van der Waals surface area contributed by atoms with Crippen LogP contribution in [0.4, 0.5) is 0 Å². The van der Waals surface area contributed by atoms with Gasteiger partial charge >= 0.3 is 0 Å². The number of unbranched alkanes of at least 4 members (excludes halogenated alkanes) is 4. The second kappa shape index (κ2) is 10.2. The van der Waals surface area contributed by atoms with Crippen LogP contribution in [0.5, 0.6) is 0 Å². The molecular weight excluding hydrogens is 172 g/mol. The SMILES string of the molecule is CCCCCC/C=C/C=C(\C)C[C]=O. The first-order chi connectivity index (χ1) is 6.81. The standard InChI is InChI=1S/C13H21O/c1-3-4-5-6-7-8-9-10-13(2)11-12-14/h8-10H,3-7,11H2,1-2H3/b9-8+,13-10+. The highest BCUT2D eigenvalue weighted by molar-refractivity contribution is 5.55. The van der Waals surface area contributed by atoms with E-state index in [-0.39, 0.29) is 0 Å². The van der Waals surface area contributed by atoms with Crippen LogP contribution >= 0.6 is 0 Å². The van der Waals surface area contributed by atoms with Gasteiger partial charge in [0.15, 0.2) is 0 Å². The summed E-state index contributed by atoms with van der Waals surface area (Å²) in [6.07, 6.45) is 14.9. The average molecular weight is 193 g/mol. The van der Waals surface area contributed by atoms with Gasteiger partial charge in [0.25, 0.3) is 0 Å². The minimum Gasteiger partial charge on any atom is -0.291 e. The molecule has 1 heteroatoms. The van der Waals surface area contributed by atoms with Gasteiger partial charge in [0.05, 0.1) is 0 Å². The highest BCUT2D eigenvalue weighted by Crippen LogP contribution is 2.03. The van der Waals surface area contributed by atoms with E-state index in [1.807, 2.05) is 25.4 Å². The normalized spacial score (nSPS) is 12.3. The van der Waals surface area contributed by atoms with Crippen molar-refractivity contribution in [1.82, 2.24) is 0 Å². The number of hydrogen-bond acceptors (Lipinski definition) is 1. The van der Waals surface area contributed by atoms with Crippen LogP contribution in [0.15, 0.2) is 23.8 Å². The van der Waals surface area contributed by atoms with E-state index in [0.717, 1.165) is 12.0 Å². The Labute approximate surface area is 87.9 Å². The van der Waals surface area contributed by atoms with Crippen LogP contribution in [0.1, 0.15) is 52.4 Å². The van der Waals surface area contributed by atoms with Crippen molar-refractivity contribution in [2.24, 2.45) is 0 Å². The lowest BCUT2D eigenvalue weighted by Crippen LogP contribution is -1.76. The summed E-state index contributed by atoms with van der Waals surface area (Å²) in [7, 11) is 0. The fourth-order valence-corrected chi connectivity index (χ4v) is 1.19. The molecule has 0 rings (SSSR count). The predicted molar refractivity (Wildman–Crippen MR) is 62.0 cm³/mol. The van der Waals surface area contributed by atoms with Crippen molar-refractivity contribution < 1.29 is 4.79 Å². The molecule has 0 aromatic rings. The first-order valence-corrected chi connectivity index (χ1v) is 5.48. The molecule has 0 N–H and O–H groups in total. The van der Waals surface area contributed by atoms with Crippen molar-refractivity contribution in [3.63, 3.8) is 0 Å². The van der Waals surface area contributed by atoms with E-state index >= 15 is 0 Å². The second-order valence-electron chi connectivity index (χ2n) is 3.61. The maximum Gasteiger partial charge on any atom is 0.202 e. The van der Waals surface area contributed by atoms with E-state index in [0.29, 0.717) is 6.42 Å². The fourth-order valence-electron chi connectivity index (χ4n) is 1.19. The molecule has 0 aliphatic heterocycles. The Bertz CT molecular complexity index is 189. The summed E-state index contributed by atoms with van der Waals surface area (Å²) in [5.41, 5.74) is 1.07. The van der Waals surface area contributed by atoms with Crippen LogP contribution in [-0.2, 0) is 4.79 Å². The topological polar surface area (TPSA) is 17.1 Å². The monoisotopic (exact) mass is 193 g/mol. The minimum absolute atomic E-state index is 0.431. The highest BCUT2D eigenvalue weighted by atomic mass is 16.1. The minimum atomic E-state index is 0.431. The smallest absolute Gasteiger partial charge is 0.202 e. The van der Waals surface area contributed by atoms with E-state index in [1.165, 1.54) is 25.7 Å². The third-order valence-electron chi connectivity index (χ3n) is 2.09. The van der Waals surface area contributed by atoms with Gasteiger partial charge in [-0.3, -0.25) is 4.79 Å². The molecule has 1 nitrogen and oxygen atoms in total. The molecule has 0 atom stereocenters. The van der Waals surface area contributed by atoms with Gasteiger partial charge < -0.3 is 0 Å². The van der Waals surface area contributed by atoms with Crippen molar-refractivity contribution in [1.29, 1.82) is 0 Å². The van der Waals surface area contributed by atoms with Crippen molar-refractivity contribution in [2.45, 2.75) is 52.4 Å². The summed E-state index contributed by atoms with van der Waals surface area (Å²) in [6, 6.07) is 0. The number of hydrogen-bond donors (Lipinski definition) is 0. The summed E-state index contributed by atoms with van der Waals surface area (Å²) in [5, 5.41) is 0. The van der Waals surface area contributed by atoms with Gasteiger partial charge in [-0.25, -0.2) is 0 Å². The molecule has 0 saturated heterocycles. The third kappa shape index (κ3) is 9.24. The Morgan fingerprint density at radius 2 is 2.07 bits per heavy atom. The Hall–Kier alpha value is -0.850. The van der Waals surface area contributed by atoms with Crippen molar-refractivity contribution in [3.05, 3.63) is 23.8 Å². The van der Waals surface area contributed by atoms with Gasteiger partial charge in [0, 0.05) is 6.42 Å². The van der Waals surface area contributed by atoms with Crippen molar-refractivity contribution in [3.8, 4) is 0 Å². The largest absolute Gasteiger partial charge is 0.291 e. The highest BCUT2D eigenvalue weighted by Gasteiger charge is 1.85. The summed E-state index contributed by atoms with van der Waals surface area (Å²) in [6.45, 7) is 4.17. The van der Waals surface area contributed by atoms with Gasteiger partial charge in [0.1, 0.15) is 0 Å². The fraction of sp³-hybridized carbons (Fsp3) is 0.615. The lowest BCUT2D eigenvalue weighted by Gasteiger charge is -1.93. The molecule has 1 radical (unpaired) electrons. The zero-order valence-corrected chi connectivity index (χ0v) is 9.38. The quantitative estimate of drug-likeness (QED) is 0.421. The molecule has 0 amide bonds. The summed E-state index contributed by atoms with van der Waals surface area (Å²) >= 11 is 0. The van der Waals surface area contributed by atoms with Crippen molar-refractivity contribution >= 4 is 6.29 Å². The molecule has 0 bridgehead atoms. The third-order valence-corrected chi connectivity index (χ3v) is 2.09. The predicted octanol–water partition coefficient (Wildman–Crippen LogP) is 3.96. The summed E-state index contributed by atoms with van der Waals surface area (Å²) in [5.74, 6) is 0. The maximum absolute atomic E-state index is 10.0. The van der Waals surface area contributed by atoms with E-state index in [1.54, 1.807) is 0 Å². The van der Waals surface area contributed by atoms with Gasteiger partial charge in [-0.2, -0.15) is 0 Å². The zero-order chi connectivity index (χ0) is 10.6. The first kappa shape index (κ1) is 13.2. The number of allylic oxidation sites excluding steroid dienone is 4. The second-order valence-corrected chi connectivity index (χ2v) is 3.61. The molecule has 0 aromatic carbocycles. The Kier molecular flexibility index (Phi) is 9.61. The van der Waals surface area contributed by atoms with Crippen LogP contribution in [0.25, 0.3) is 0 Å². The average Bonchev–Trinajstić information content (AvgIpc) is 2.17. The zero-order valence-electron chi connectivity index (χ0n) is 9.38. The molecule has 0 unspecified atom stereocenters. The van der Waals surface area contributed by atoms with Gasteiger partial charge in [-0.05, 0) is 19.8 Å². The molecule has 0 aliphatic rings. The van der Waals surface area contributed by atoms with Crippen LogP contribution in [0.3, 0.4) is 0 Å². The van der Waals surface area contributed by atoms with Gasteiger partial charge in [-0.1, -0.05) is 50.0 Å². The molecule has 0 aromatic heterocycles. The van der Waals surface area contributed by atoms with Crippen LogP contribution < -0.4 is 0 Å². The van der Waals surface area contributed by atoms with Crippen LogP contribution in [-0.4, -0.2) is 6.29 Å². The van der Waals surface area contributed by atoms with Crippen molar-refractivity contribution in [2.75, 3.05) is 0 Å². The van der Waals surface area contributed by atoms with Crippen LogP contribution in [0, 0.1) is 0 Å². The van der Waals surface area contributed by atoms with Gasteiger partial charge in [0.2, 0.25) is 6.29 Å². The Morgan fingerprint density at radius 3 is 2.71 bits per heavy atom. The summed E-state index contributed by atoms with van der Waals surface area (Å²) < 4.78 is 0. The lowest BCUT2D eigenvalue weighted by atomic mass is 10.1. The van der Waals surface area contributed by atoms with E-state index < -0.39 is 0 Å². The summed E-state index contributed by atoms with van der Waals surface area (Å²) in [4.78, 5) is 10.0.